The highest BCUT2D eigenvalue weighted by molar-refractivity contribution is 5.80. The zero-order valence-electron chi connectivity index (χ0n) is 11.2. The summed E-state index contributed by atoms with van der Waals surface area (Å²) in [5.41, 5.74) is 0.961. The lowest BCUT2D eigenvalue weighted by atomic mass is 10.0. The zero-order valence-corrected chi connectivity index (χ0v) is 11.2. The number of hydrogen-bond acceptors (Lipinski definition) is 3. The van der Waals surface area contributed by atoms with Crippen LogP contribution in [0, 0.1) is 18.8 Å². The minimum absolute atomic E-state index is 0.0119. The van der Waals surface area contributed by atoms with Gasteiger partial charge in [-0.25, -0.2) is 4.98 Å². The van der Waals surface area contributed by atoms with Crippen LogP contribution in [0.5, 0.6) is 0 Å². The Hall–Kier alpha value is -1.85. The average Bonchev–Trinajstić information content (AvgIpc) is 2.97. The van der Waals surface area contributed by atoms with E-state index in [9.17, 15) is 9.59 Å². The summed E-state index contributed by atoms with van der Waals surface area (Å²) in [7, 11) is 1.73. The van der Waals surface area contributed by atoms with Crippen molar-refractivity contribution in [3.63, 3.8) is 0 Å². The van der Waals surface area contributed by atoms with Crippen molar-refractivity contribution in [2.24, 2.45) is 11.8 Å². The van der Waals surface area contributed by atoms with Crippen LogP contribution in [-0.4, -0.2) is 38.9 Å². The molecule has 6 nitrogen and oxygen atoms in total. The Labute approximate surface area is 111 Å². The lowest BCUT2D eigenvalue weighted by molar-refractivity contribution is -0.141. The second-order valence-corrected chi connectivity index (χ2v) is 5.25. The summed E-state index contributed by atoms with van der Waals surface area (Å²) < 4.78 is 0. The second kappa shape index (κ2) is 5.42. The van der Waals surface area contributed by atoms with Crippen molar-refractivity contribution in [2.45, 2.75) is 32.7 Å². The first kappa shape index (κ1) is 13.6. The summed E-state index contributed by atoms with van der Waals surface area (Å²) in [5, 5.41) is 8.95. The molecule has 0 unspecified atom stereocenters. The smallest absolute Gasteiger partial charge is 0.306 e. The molecule has 1 heterocycles. The number of amides is 1. The number of carboxylic acid groups (broad SMARTS) is 1. The van der Waals surface area contributed by atoms with Gasteiger partial charge in [0.05, 0.1) is 12.5 Å². The maximum atomic E-state index is 12.2. The molecule has 1 fully saturated rings. The summed E-state index contributed by atoms with van der Waals surface area (Å²) >= 11 is 0. The highest BCUT2D eigenvalue weighted by atomic mass is 16.4. The van der Waals surface area contributed by atoms with Crippen LogP contribution in [0.1, 0.15) is 30.8 Å². The number of rotatable bonds is 4. The molecule has 1 aliphatic rings. The number of nitrogens with zero attached hydrogens (tertiary/aromatic N) is 2. The molecule has 2 N–H and O–H groups in total. The van der Waals surface area contributed by atoms with Crippen LogP contribution < -0.4 is 0 Å². The summed E-state index contributed by atoms with van der Waals surface area (Å²) in [6.07, 6.45) is 3.44. The van der Waals surface area contributed by atoms with Gasteiger partial charge >= 0.3 is 5.97 Å². The van der Waals surface area contributed by atoms with Gasteiger partial charge in [0, 0.05) is 24.9 Å². The minimum atomic E-state index is -0.792. The number of carbonyl (C=O) groups excluding carboxylic acids is 1. The Bertz CT molecular complexity index is 483. The van der Waals surface area contributed by atoms with E-state index in [0.717, 1.165) is 11.5 Å². The van der Waals surface area contributed by atoms with Crippen molar-refractivity contribution in [2.75, 3.05) is 7.05 Å². The highest BCUT2D eigenvalue weighted by Crippen LogP contribution is 2.32. The van der Waals surface area contributed by atoms with Gasteiger partial charge in [0.25, 0.3) is 0 Å². The van der Waals surface area contributed by atoms with Crippen molar-refractivity contribution in [3.8, 4) is 0 Å². The van der Waals surface area contributed by atoms with Crippen LogP contribution in [0.2, 0.25) is 0 Å². The Balaban J connectivity index is 1.91. The third kappa shape index (κ3) is 3.13. The molecule has 2 rings (SSSR count). The predicted molar refractivity (Wildman–Crippen MR) is 68.3 cm³/mol. The third-order valence-electron chi connectivity index (χ3n) is 3.65. The molecule has 0 aromatic carbocycles. The van der Waals surface area contributed by atoms with Crippen molar-refractivity contribution in [1.82, 2.24) is 14.9 Å². The number of aliphatic carboxylic acids is 1. The molecule has 104 valence electrons. The predicted octanol–water partition coefficient (Wildman–Crippen LogP) is 1.18. The van der Waals surface area contributed by atoms with E-state index in [4.69, 9.17) is 5.11 Å². The molecule has 6 heteroatoms. The molecule has 1 saturated carbocycles. The van der Waals surface area contributed by atoms with Gasteiger partial charge in [-0.05, 0) is 26.2 Å². The van der Waals surface area contributed by atoms with Crippen molar-refractivity contribution < 1.29 is 14.7 Å². The van der Waals surface area contributed by atoms with E-state index in [1.165, 1.54) is 0 Å². The lowest BCUT2D eigenvalue weighted by Gasteiger charge is -2.20. The zero-order chi connectivity index (χ0) is 14.0. The van der Waals surface area contributed by atoms with Gasteiger partial charge in [0.1, 0.15) is 5.82 Å². The van der Waals surface area contributed by atoms with Crippen molar-refractivity contribution in [3.05, 3.63) is 17.7 Å². The molecule has 1 amide bonds. The number of carbonyl (C=O) groups is 2. The quantitative estimate of drug-likeness (QED) is 0.855. The van der Waals surface area contributed by atoms with E-state index >= 15 is 0 Å². The molecule has 1 aromatic rings. The standard InChI is InChI=1S/C13H19N3O3/c1-8-6-14-11(15-8)7-16(2)12(17)9-3-4-10(5-9)13(18)19/h6,9-10H,3-5,7H2,1-2H3,(H,14,15)(H,18,19)/t9-,10+/m0/s1. The van der Waals surface area contributed by atoms with Gasteiger partial charge in [-0.3, -0.25) is 9.59 Å². The van der Waals surface area contributed by atoms with Crippen LogP contribution in [0.15, 0.2) is 6.20 Å². The largest absolute Gasteiger partial charge is 0.481 e. The molecule has 0 radical (unpaired) electrons. The molecule has 2 atom stereocenters. The summed E-state index contributed by atoms with van der Waals surface area (Å²) in [4.78, 5) is 32.0. The Morgan fingerprint density at radius 2 is 2.16 bits per heavy atom. The van der Waals surface area contributed by atoms with Gasteiger partial charge in [0.2, 0.25) is 5.91 Å². The lowest BCUT2D eigenvalue weighted by Crippen LogP contribution is -2.32. The summed E-state index contributed by atoms with van der Waals surface area (Å²) in [5.74, 6) is -0.561. The van der Waals surface area contributed by atoms with Crippen LogP contribution in [0.25, 0.3) is 0 Å². The monoisotopic (exact) mass is 265 g/mol. The van der Waals surface area contributed by atoms with E-state index in [-0.39, 0.29) is 17.7 Å². The van der Waals surface area contributed by atoms with Crippen LogP contribution in [0.4, 0.5) is 0 Å². The normalized spacial score (nSPS) is 22.4. The molecule has 0 spiro atoms. The Morgan fingerprint density at radius 3 is 2.68 bits per heavy atom. The number of aryl methyl sites for hydroxylation is 1. The maximum Gasteiger partial charge on any atom is 0.306 e. The number of carboxylic acids is 1. The topological polar surface area (TPSA) is 86.3 Å². The average molecular weight is 265 g/mol. The van der Waals surface area contributed by atoms with Gasteiger partial charge in [-0.15, -0.1) is 0 Å². The van der Waals surface area contributed by atoms with E-state index in [1.54, 1.807) is 18.1 Å². The van der Waals surface area contributed by atoms with E-state index < -0.39 is 5.97 Å². The maximum absolute atomic E-state index is 12.2. The fraction of sp³-hybridized carbons (Fsp3) is 0.615. The number of hydrogen-bond donors (Lipinski definition) is 2. The minimum Gasteiger partial charge on any atom is -0.481 e. The van der Waals surface area contributed by atoms with Gasteiger partial charge < -0.3 is 15.0 Å². The Kier molecular flexibility index (Phi) is 3.87. The number of aromatic nitrogens is 2. The van der Waals surface area contributed by atoms with Gasteiger partial charge in [-0.1, -0.05) is 0 Å². The molecule has 0 aliphatic heterocycles. The fourth-order valence-electron chi connectivity index (χ4n) is 2.59. The first-order valence-electron chi connectivity index (χ1n) is 6.45. The first-order chi connectivity index (χ1) is 8.97. The molecule has 0 bridgehead atoms. The molecule has 1 aliphatic carbocycles. The van der Waals surface area contributed by atoms with Crippen LogP contribution in [0.3, 0.4) is 0 Å². The second-order valence-electron chi connectivity index (χ2n) is 5.25. The van der Waals surface area contributed by atoms with E-state index in [2.05, 4.69) is 9.97 Å². The van der Waals surface area contributed by atoms with Crippen LogP contribution in [-0.2, 0) is 16.1 Å². The van der Waals surface area contributed by atoms with E-state index in [1.807, 2.05) is 6.92 Å². The third-order valence-corrected chi connectivity index (χ3v) is 3.65. The molecular formula is C13H19N3O3. The summed E-state index contributed by atoms with van der Waals surface area (Å²) in [6.45, 7) is 2.34. The Morgan fingerprint density at radius 1 is 1.47 bits per heavy atom. The summed E-state index contributed by atoms with van der Waals surface area (Å²) in [6, 6.07) is 0. The first-order valence-corrected chi connectivity index (χ1v) is 6.45. The van der Waals surface area contributed by atoms with Crippen molar-refractivity contribution >= 4 is 11.9 Å². The molecular weight excluding hydrogens is 246 g/mol. The van der Waals surface area contributed by atoms with E-state index in [0.29, 0.717) is 25.8 Å². The van der Waals surface area contributed by atoms with Crippen LogP contribution >= 0.6 is 0 Å². The number of H-pyrrole nitrogens is 1. The number of aromatic amines is 1. The SMILES string of the molecule is Cc1cnc(CN(C)C(=O)[C@H]2CC[C@@H](C(=O)O)C2)[nH]1. The van der Waals surface area contributed by atoms with Gasteiger partial charge in [0.15, 0.2) is 0 Å². The van der Waals surface area contributed by atoms with Crippen molar-refractivity contribution in [1.29, 1.82) is 0 Å². The number of nitrogens with one attached hydrogen (secondary N) is 1. The van der Waals surface area contributed by atoms with Gasteiger partial charge in [-0.2, -0.15) is 0 Å². The molecule has 1 aromatic heterocycles. The highest BCUT2D eigenvalue weighted by Gasteiger charge is 2.35. The molecule has 19 heavy (non-hydrogen) atoms. The molecule has 0 saturated heterocycles. The number of imidazole rings is 1. The fourth-order valence-corrected chi connectivity index (χ4v) is 2.59.